The lowest BCUT2D eigenvalue weighted by molar-refractivity contribution is -0.121. The molecular weight excluding hydrogens is 182 g/mol. The minimum Gasteiger partial charge on any atom is -0.389 e. The van der Waals surface area contributed by atoms with Crippen LogP contribution in [-0.4, -0.2) is 52.7 Å². The molecule has 80 valence electrons. The second-order valence-corrected chi connectivity index (χ2v) is 4.41. The van der Waals surface area contributed by atoms with Gasteiger partial charge in [-0.25, -0.2) is 0 Å². The first-order chi connectivity index (χ1) is 6.66. The molecule has 1 saturated carbocycles. The van der Waals surface area contributed by atoms with Crippen molar-refractivity contribution in [2.75, 3.05) is 19.6 Å². The summed E-state index contributed by atoms with van der Waals surface area (Å²) in [4.78, 5) is 13.4. The summed E-state index contributed by atoms with van der Waals surface area (Å²) >= 11 is 0. The minimum absolute atomic E-state index is 0.146. The quantitative estimate of drug-likeness (QED) is 0.623. The lowest BCUT2D eigenvalue weighted by atomic mass is 10.1. The van der Waals surface area contributed by atoms with E-state index < -0.39 is 12.2 Å². The molecule has 0 aromatic heterocycles. The Morgan fingerprint density at radius 1 is 1.29 bits per heavy atom. The largest absolute Gasteiger partial charge is 0.389 e. The van der Waals surface area contributed by atoms with Crippen LogP contribution in [0.5, 0.6) is 0 Å². The van der Waals surface area contributed by atoms with Crippen molar-refractivity contribution >= 4 is 5.78 Å². The first-order valence-electron chi connectivity index (χ1n) is 5.28. The summed E-state index contributed by atoms with van der Waals surface area (Å²) in [6.45, 7) is 1.73. The van der Waals surface area contributed by atoms with E-state index in [4.69, 9.17) is 0 Å². The Labute approximate surface area is 83.5 Å². The van der Waals surface area contributed by atoms with Crippen LogP contribution >= 0.6 is 0 Å². The van der Waals surface area contributed by atoms with Crippen LogP contribution in [0, 0.1) is 5.92 Å². The van der Waals surface area contributed by atoms with Gasteiger partial charge in [0.05, 0.1) is 12.2 Å². The van der Waals surface area contributed by atoms with Crippen molar-refractivity contribution in [2.24, 2.45) is 5.92 Å². The van der Waals surface area contributed by atoms with Gasteiger partial charge < -0.3 is 10.2 Å². The monoisotopic (exact) mass is 199 g/mol. The smallest absolute Gasteiger partial charge is 0.137 e. The third-order valence-corrected chi connectivity index (χ3v) is 3.24. The average molecular weight is 199 g/mol. The number of nitrogens with zero attached hydrogens (tertiary/aromatic N) is 1. The van der Waals surface area contributed by atoms with Gasteiger partial charge in [-0.15, -0.1) is 0 Å². The van der Waals surface area contributed by atoms with Crippen LogP contribution in [0.4, 0.5) is 0 Å². The van der Waals surface area contributed by atoms with Gasteiger partial charge >= 0.3 is 0 Å². The van der Waals surface area contributed by atoms with Crippen molar-refractivity contribution in [3.8, 4) is 0 Å². The van der Waals surface area contributed by atoms with Crippen LogP contribution < -0.4 is 0 Å². The summed E-state index contributed by atoms with van der Waals surface area (Å²) < 4.78 is 0. The van der Waals surface area contributed by atoms with E-state index in [0.29, 0.717) is 31.8 Å². The molecule has 1 aliphatic heterocycles. The number of β-amino-alcohol motifs (C(OH)–C–C–N with tert-alkyl or cyclic N) is 2. The lowest BCUT2D eigenvalue weighted by Crippen LogP contribution is -2.30. The van der Waals surface area contributed by atoms with E-state index in [2.05, 4.69) is 0 Å². The van der Waals surface area contributed by atoms with Gasteiger partial charge in [0.1, 0.15) is 5.78 Å². The SMILES string of the molecule is O=C1CCCC1CN1CC(O)C(O)C1. The van der Waals surface area contributed by atoms with E-state index in [1.165, 1.54) is 0 Å². The highest BCUT2D eigenvalue weighted by molar-refractivity contribution is 5.83. The van der Waals surface area contributed by atoms with E-state index in [0.717, 1.165) is 12.8 Å². The Kier molecular flexibility index (Phi) is 2.85. The van der Waals surface area contributed by atoms with E-state index in [1.807, 2.05) is 4.90 Å². The highest BCUT2D eigenvalue weighted by Gasteiger charge is 2.33. The molecule has 2 rings (SSSR count). The zero-order chi connectivity index (χ0) is 10.1. The topological polar surface area (TPSA) is 60.8 Å². The number of carbonyl (C=O) groups excluding carboxylic acids is 1. The predicted molar refractivity (Wildman–Crippen MR) is 50.8 cm³/mol. The summed E-state index contributed by atoms with van der Waals surface area (Å²) in [7, 11) is 0. The Balaban J connectivity index is 1.84. The van der Waals surface area contributed by atoms with Crippen molar-refractivity contribution in [1.82, 2.24) is 4.90 Å². The molecule has 2 fully saturated rings. The normalized spacial score (nSPS) is 39.6. The molecule has 3 atom stereocenters. The zero-order valence-electron chi connectivity index (χ0n) is 8.22. The molecule has 1 heterocycles. The standard InChI is InChI=1S/C10H17NO3/c12-8-3-1-2-7(8)4-11-5-9(13)10(14)6-11/h7,9-10,13-14H,1-6H2. The van der Waals surface area contributed by atoms with E-state index in [9.17, 15) is 15.0 Å². The Morgan fingerprint density at radius 2 is 1.93 bits per heavy atom. The van der Waals surface area contributed by atoms with Crippen molar-refractivity contribution in [3.63, 3.8) is 0 Å². The zero-order valence-corrected chi connectivity index (χ0v) is 8.22. The first-order valence-corrected chi connectivity index (χ1v) is 5.28. The number of rotatable bonds is 2. The van der Waals surface area contributed by atoms with Crippen LogP contribution in [0.25, 0.3) is 0 Å². The van der Waals surface area contributed by atoms with Gasteiger partial charge in [-0.3, -0.25) is 9.69 Å². The summed E-state index contributed by atoms with van der Waals surface area (Å²) in [5.41, 5.74) is 0. The second-order valence-electron chi connectivity index (χ2n) is 4.41. The molecule has 0 amide bonds. The maximum Gasteiger partial charge on any atom is 0.137 e. The number of hydrogen-bond donors (Lipinski definition) is 2. The minimum atomic E-state index is -0.633. The molecule has 0 spiro atoms. The van der Waals surface area contributed by atoms with Gasteiger partial charge in [0.25, 0.3) is 0 Å². The summed E-state index contributed by atoms with van der Waals surface area (Å²) in [5.74, 6) is 0.494. The summed E-state index contributed by atoms with van der Waals surface area (Å²) in [6.07, 6.45) is 1.42. The molecule has 4 nitrogen and oxygen atoms in total. The molecule has 1 saturated heterocycles. The fourth-order valence-electron chi connectivity index (χ4n) is 2.39. The number of aliphatic hydroxyl groups excluding tert-OH is 2. The molecule has 1 aliphatic carbocycles. The van der Waals surface area contributed by atoms with Crippen LogP contribution in [0.2, 0.25) is 0 Å². The maximum atomic E-state index is 11.4. The third-order valence-electron chi connectivity index (χ3n) is 3.24. The molecule has 0 bridgehead atoms. The molecule has 0 aromatic carbocycles. The Hall–Kier alpha value is -0.450. The fraction of sp³-hybridized carbons (Fsp3) is 0.900. The highest BCUT2D eigenvalue weighted by atomic mass is 16.3. The highest BCUT2D eigenvalue weighted by Crippen LogP contribution is 2.23. The van der Waals surface area contributed by atoms with Gasteiger partial charge in [0.2, 0.25) is 0 Å². The van der Waals surface area contributed by atoms with Gasteiger partial charge in [-0.05, 0) is 12.8 Å². The molecular formula is C10H17NO3. The molecule has 0 radical (unpaired) electrons. The summed E-state index contributed by atoms with van der Waals surface area (Å²) in [6, 6.07) is 0. The number of ketones is 1. The van der Waals surface area contributed by atoms with Crippen LogP contribution in [-0.2, 0) is 4.79 Å². The lowest BCUT2D eigenvalue weighted by Gasteiger charge is -2.18. The predicted octanol–water partition coefficient (Wildman–Crippen LogP) is -0.607. The number of aliphatic hydroxyl groups is 2. The Bertz CT molecular complexity index is 221. The number of carbonyl (C=O) groups is 1. The number of hydrogen-bond acceptors (Lipinski definition) is 4. The number of likely N-dealkylation sites (tertiary alicyclic amines) is 1. The summed E-state index contributed by atoms with van der Waals surface area (Å²) in [5, 5.41) is 18.7. The van der Waals surface area contributed by atoms with E-state index in [-0.39, 0.29) is 5.92 Å². The van der Waals surface area contributed by atoms with Gasteiger partial charge in [-0.1, -0.05) is 0 Å². The van der Waals surface area contributed by atoms with Crippen LogP contribution in [0.15, 0.2) is 0 Å². The Morgan fingerprint density at radius 3 is 2.43 bits per heavy atom. The second kappa shape index (κ2) is 3.96. The molecule has 4 heteroatoms. The van der Waals surface area contributed by atoms with Crippen LogP contribution in [0.1, 0.15) is 19.3 Å². The molecule has 14 heavy (non-hydrogen) atoms. The molecule has 3 unspecified atom stereocenters. The number of Topliss-reactive ketones (excluding diaryl/α,β-unsaturated/α-hetero) is 1. The molecule has 2 N–H and O–H groups in total. The first kappa shape index (κ1) is 10.1. The fourth-order valence-corrected chi connectivity index (χ4v) is 2.39. The van der Waals surface area contributed by atoms with Gasteiger partial charge in [0, 0.05) is 32.0 Å². The van der Waals surface area contributed by atoms with Crippen molar-refractivity contribution in [1.29, 1.82) is 0 Å². The van der Waals surface area contributed by atoms with Gasteiger partial charge in [0.15, 0.2) is 0 Å². The third kappa shape index (κ3) is 1.97. The molecule has 2 aliphatic rings. The van der Waals surface area contributed by atoms with Crippen molar-refractivity contribution in [3.05, 3.63) is 0 Å². The van der Waals surface area contributed by atoms with Gasteiger partial charge in [-0.2, -0.15) is 0 Å². The van der Waals surface area contributed by atoms with E-state index in [1.54, 1.807) is 0 Å². The van der Waals surface area contributed by atoms with Crippen molar-refractivity contribution in [2.45, 2.75) is 31.5 Å². The average Bonchev–Trinajstić information content (AvgIpc) is 2.63. The molecule has 0 aromatic rings. The maximum absolute atomic E-state index is 11.4. The van der Waals surface area contributed by atoms with E-state index >= 15 is 0 Å². The van der Waals surface area contributed by atoms with Crippen LogP contribution in [0.3, 0.4) is 0 Å². The van der Waals surface area contributed by atoms with Crippen molar-refractivity contribution < 1.29 is 15.0 Å².